The molecule has 168 valence electrons. The minimum absolute atomic E-state index is 0.159. The molecule has 0 unspecified atom stereocenters. The third-order valence-corrected chi connectivity index (χ3v) is 11.9. The van der Waals surface area contributed by atoms with Crippen LogP contribution < -0.4 is 10.6 Å². The van der Waals surface area contributed by atoms with Crippen LogP contribution in [0.3, 0.4) is 0 Å². The Bertz CT molecular complexity index is 634. The normalized spacial score (nSPS) is 54.9. The van der Waals surface area contributed by atoms with Crippen LogP contribution in [0, 0.1) is 45.3 Å². The zero-order chi connectivity index (χ0) is 21.4. The standard InChI is InChI=1S/C26H48N2O/c1-16(27-7)22-19(29)15-26(6)18-9-10-20-23(2,3)21(28-8)12-13-24(20,4)17(18)11-14-25(22,26)5/h16-22,27-29H,9-15H2,1-8H3/t16-,17+,18-,19+,20-,21-,22+,24+,25+,26+/m0/s1. The molecule has 0 aromatic carbocycles. The Morgan fingerprint density at radius 2 is 1.55 bits per heavy atom. The van der Waals surface area contributed by atoms with Crippen molar-refractivity contribution in [2.45, 2.75) is 105 Å². The van der Waals surface area contributed by atoms with Crippen LogP contribution in [0.1, 0.15) is 86.5 Å². The fraction of sp³-hybridized carbons (Fsp3) is 1.00. The monoisotopic (exact) mass is 404 g/mol. The first-order valence-electron chi connectivity index (χ1n) is 12.5. The number of fused-ring (bicyclic) bond motifs is 5. The molecule has 4 fully saturated rings. The number of nitrogens with one attached hydrogen (secondary N) is 2. The average molecular weight is 405 g/mol. The van der Waals surface area contributed by atoms with Gasteiger partial charge in [0.1, 0.15) is 0 Å². The van der Waals surface area contributed by atoms with Gasteiger partial charge in [-0.05, 0) is 105 Å². The summed E-state index contributed by atoms with van der Waals surface area (Å²) in [4.78, 5) is 0. The molecule has 0 spiro atoms. The molecule has 29 heavy (non-hydrogen) atoms. The highest BCUT2D eigenvalue weighted by Gasteiger charge is 2.69. The number of hydrogen-bond acceptors (Lipinski definition) is 3. The van der Waals surface area contributed by atoms with Crippen molar-refractivity contribution in [3.63, 3.8) is 0 Å². The molecule has 3 heteroatoms. The van der Waals surface area contributed by atoms with E-state index in [1.165, 1.54) is 38.5 Å². The second-order valence-electron chi connectivity index (χ2n) is 12.8. The third kappa shape index (κ3) is 2.72. The van der Waals surface area contributed by atoms with Crippen LogP contribution in [0.4, 0.5) is 0 Å². The lowest BCUT2D eigenvalue weighted by atomic mass is 9.38. The molecule has 0 saturated heterocycles. The lowest BCUT2D eigenvalue weighted by Crippen LogP contribution is -2.63. The second-order valence-corrected chi connectivity index (χ2v) is 12.8. The molecular formula is C26H48N2O. The summed E-state index contributed by atoms with van der Waals surface area (Å²) in [5, 5.41) is 18.4. The third-order valence-electron chi connectivity index (χ3n) is 11.9. The van der Waals surface area contributed by atoms with Crippen molar-refractivity contribution in [1.82, 2.24) is 10.6 Å². The molecule has 4 aliphatic rings. The predicted octanol–water partition coefficient (Wildman–Crippen LogP) is 4.84. The van der Waals surface area contributed by atoms with E-state index in [9.17, 15) is 5.11 Å². The Kier molecular flexibility index (Phi) is 5.28. The molecule has 4 aliphatic carbocycles. The van der Waals surface area contributed by atoms with Crippen molar-refractivity contribution in [3.8, 4) is 0 Å². The first-order valence-corrected chi connectivity index (χ1v) is 12.5. The van der Waals surface area contributed by atoms with Crippen LogP contribution in [0.2, 0.25) is 0 Å². The molecule has 10 atom stereocenters. The van der Waals surface area contributed by atoms with Gasteiger partial charge in [-0.1, -0.05) is 34.6 Å². The molecule has 0 amide bonds. The molecular weight excluding hydrogens is 356 g/mol. The van der Waals surface area contributed by atoms with E-state index in [1.807, 2.05) is 0 Å². The van der Waals surface area contributed by atoms with E-state index in [-0.39, 0.29) is 16.9 Å². The van der Waals surface area contributed by atoms with Crippen LogP contribution in [0.15, 0.2) is 0 Å². The molecule has 0 bridgehead atoms. The summed E-state index contributed by atoms with van der Waals surface area (Å²) in [5.74, 6) is 2.79. The van der Waals surface area contributed by atoms with Gasteiger partial charge in [-0.15, -0.1) is 0 Å². The topological polar surface area (TPSA) is 44.3 Å². The number of rotatable bonds is 3. The summed E-state index contributed by atoms with van der Waals surface area (Å²) in [6.07, 6.45) is 8.93. The van der Waals surface area contributed by atoms with E-state index in [0.717, 1.165) is 24.2 Å². The number of aliphatic hydroxyl groups is 1. The Hall–Kier alpha value is -0.120. The van der Waals surface area contributed by atoms with Crippen LogP contribution in [-0.4, -0.2) is 37.4 Å². The van der Waals surface area contributed by atoms with Gasteiger partial charge in [-0.2, -0.15) is 0 Å². The molecule has 4 saturated carbocycles. The first kappa shape index (κ1) is 22.1. The Balaban J connectivity index is 1.69. The maximum absolute atomic E-state index is 11.2. The van der Waals surface area contributed by atoms with E-state index in [1.54, 1.807) is 0 Å². The summed E-state index contributed by atoms with van der Waals surface area (Å²) in [6.45, 7) is 15.1. The molecule has 0 aliphatic heterocycles. The largest absolute Gasteiger partial charge is 0.393 e. The highest BCUT2D eigenvalue weighted by molar-refractivity contribution is 5.18. The van der Waals surface area contributed by atoms with Gasteiger partial charge in [-0.25, -0.2) is 0 Å². The lowest BCUT2D eigenvalue weighted by Gasteiger charge is -2.67. The second kappa shape index (κ2) is 6.94. The quantitative estimate of drug-likeness (QED) is 0.631. The first-order chi connectivity index (χ1) is 13.5. The summed E-state index contributed by atoms with van der Waals surface area (Å²) in [5.41, 5.74) is 1.34. The fourth-order valence-electron chi connectivity index (χ4n) is 10.2. The smallest absolute Gasteiger partial charge is 0.0594 e. The minimum atomic E-state index is -0.159. The maximum atomic E-state index is 11.2. The van der Waals surface area contributed by atoms with Gasteiger partial charge in [0.05, 0.1) is 6.10 Å². The SMILES string of the molecule is CN[C@@H](C)[C@@H]1[C@H](O)C[C@]2(C)[C@H]3CC[C@H]4C(C)(C)[C@@H](NC)CC[C@]4(C)[C@@H]3CC[C@]12C. The lowest BCUT2D eigenvalue weighted by molar-refractivity contribution is -0.182. The Morgan fingerprint density at radius 1 is 0.862 bits per heavy atom. The van der Waals surface area contributed by atoms with E-state index < -0.39 is 0 Å². The van der Waals surface area contributed by atoms with E-state index >= 15 is 0 Å². The van der Waals surface area contributed by atoms with Crippen molar-refractivity contribution in [2.24, 2.45) is 45.3 Å². The van der Waals surface area contributed by atoms with Gasteiger partial charge >= 0.3 is 0 Å². The molecule has 0 heterocycles. The van der Waals surface area contributed by atoms with Gasteiger partial charge in [0, 0.05) is 18.0 Å². The van der Waals surface area contributed by atoms with Crippen molar-refractivity contribution in [1.29, 1.82) is 0 Å². The highest BCUT2D eigenvalue weighted by Crippen LogP contribution is 2.74. The van der Waals surface area contributed by atoms with Crippen LogP contribution >= 0.6 is 0 Å². The summed E-state index contributed by atoms with van der Waals surface area (Å²) in [6, 6.07) is 1.03. The average Bonchev–Trinajstić information content (AvgIpc) is 2.86. The summed E-state index contributed by atoms with van der Waals surface area (Å²) in [7, 11) is 4.23. The van der Waals surface area contributed by atoms with Gasteiger partial charge < -0.3 is 15.7 Å². The van der Waals surface area contributed by atoms with Crippen LogP contribution in [0.25, 0.3) is 0 Å². The predicted molar refractivity (Wildman–Crippen MR) is 122 cm³/mol. The highest BCUT2D eigenvalue weighted by atomic mass is 16.3. The van der Waals surface area contributed by atoms with Crippen LogP contribution in [0.5, 0.6) is 0 Å². The summed E-state index contributed by atoms with van der Waals surface area (Å²) >= 11 is 0. The Morgan fingerprint density at radius 3 is 2.17 bits per heavy atom. The van der Waals surface area contributed by atoms with Gasteiger partial charge in [0.15, 0.2) is 0 Å². The molecule has 3 nitrogen and oxygen atoms in total. The van der Waals surface area contributed by atoms with Crippen molar-refractivity contribution in [2.75, 3.05) is 14.1 Å². The molecule has 3 N–H and O–H groups in total. The zero-order valence-corrected chi connectivity index (χ0v) is 20.4. The molecule has 0 aromatic rings. The number of hydrogen-bond donors (Lipinski definition) is 3. The zero-order valence-electron chi connectivity index (χ0n) is 20.4. The molecule has 4 rings (SSSR count). The fourth-order valence-corrected chi connectivity index (χ4v) is 10.2. The van der Waals surface area contributed by atoms with E-state index in [0.29, 0.717) is 28.8 Å². The maximum Gasteiger partial charge on any atom is 0.0594 e. The van der Waals surface area contributed by atoms with Crippen molar-refractivity contribution < 1.29 is 5.11 Å². The van der Waals surface area contributed by atoms with E-state index in [2.05, 4.69) is 66.3 Å². The van der Waals surface area contributed by atoms with Crippen molar-refractivity contribution >= 4 is 0 Å². The van der Waals surface area contributed by atoms with E-state index in [4.69, 9.17) is 0 Å². The summed E-state index contributed by atoms with van der Waals surface area (Å²) < 4.78 is 0. The number of aliphatic hydroxyl groups excluding tert-OH is 1. The van der Waals surface area contributed by atoms with Crippen LogP contribution in [-0.2, 0) is 0 Å². The molecule has 0 radical (unpaired) electrons. The van der Waals surface area contributed by atoms with Crippen molar-refractivity contribution in [3.05, 3.63) is 0 Å². The Labute approximate surface area is 180 Å². The van der Waals surface area contributed by atoms with Gasteiger partial charge in [0.2, 0.25) is 0 Å². The van der Waals surface area contributed by atoms with Gasteiger partial charge in [0.25, 0.3) is 0 Å². The molecule has 0 aromatic heterocycles. The minimum Gasteiger partial charge on any atom is -0.393 e. The van der Waals surface area contributed by atoms with Gasteiger partial charge in [-0.3, -0.25) is 0 Å².